The van der Waals surface area contributed by atoms with Gasteiger partial charge in [0, 0.05) is 17.3 Å². The van der Waals surface area contributed by atoms with E-state index in [1.807, 2.05) is 6.07 Å². The highest BCUT2D eigenvalue weighted by atomic mass is 19.3. The van der Waals surface area contributed by atoms with Crippen molar-refractivity contribution in [3.05, 3.63) is 96.1 Å². The van der Waals surface area contributed by atoms with Crippen molar-refractivity contribution >= 4 is 23.6 Å². The Morgan fingerprint density at radius 3 is 2.10 bits per heavy atom. The second-order valence-electron chi connectivity index (χ2n) is 6.05. The summed E-state index contributed by atoms with van der Waals surface area (Å²) in [6, 6.07) is 21.0. The summed E-state index contributed by atoms with van der Waals surface area (Å²) in [5, 5.41) is 2.75. The summed E-state index contributed by atoms with van der Waals surface area (Å²) in [6.45, 7) is -2.89. The van der Waals surface area contributed by atoms with Crippen molar-refractivity contribution in [1.82, 2.24) is 0 Å². The van der Waals surface area contributed by atoms with Gasteiger partial charge >= 0.3 is 12.6 Å². The van der Waals surface area contributed by atoms with Gasteiger partial charge in [-0.2, -0.15) is 8.78 Å². The Bertz CT molecular complexity index is 1020. The lowest BCUT2D eigenvalue weighted by molar-refractivity contribution is -0.128. The van der Waals surface area contributed by atoms with Gasteiger partial charge in [0.25, 0.3) is 5.91 Å². The number of esters is 1. The predicted octanol–water partition coefficient (Wildman–Crippen LogP) is 5.16. The van der Waals surface area contributed by atoms with Gasteiger partial charge in [-0.1, -0.05) is 30.3 Å². The zero-order chi connectivity index (χ0) is 21.3. The fourth-order valence-electron chi connectivity index (χ4n) is 2.47. The average Bonchev–Trinajstić information content (AvgIpc) is 2.75. The molecule has 0 atom stereocenters. The van der Waals surface area contributed by atoms with Crippen molar-refractivity contribution in [3.8, 4) is 11.5 Å². The molecule has 7 heteroatoms. The second-order valence-corrected chi connectivity index (χ2v) is 6.05. The Labute approximate surface area is 171 Å². The zero-order valence-electron chi connectivity index (χ0n) is 15.6. The molecule has 3 aromatic rings. The molecule has 30 heavy (non-hydrogen) atoms. The summed E-state index contributed by atoms with van der Waals surface area (Å²) >= 11 is 0. The van der Waals surface area contributed by atoms with Crippen molar-refractivity contribution in [2.75, 3.05) is 5.32 Å². The molecule has 0 aliphatic heterocycles. The third kappa shape index (κ3) is 6.27. The summed E-state index contributed by atoms with van der Waals surface area (Å²) in [5.74, 6) is -0.510. The van der Waals surface area contributed by atoms with E-state index in [0.717, 1.165) is 0 Å². The molecule has 0 fully saturated rings. The molecule has 0 unspecified atom stereocenters. The fourth-order valence-corrected chi connectivity index (χ4v) is 2.47. The number of rotatable bonds is 7. The van der Waals surface area contributed by atoms with E-state index in [9.17, 15) is 18.4 Å². The fraction of sp³-hybridized carbons (Fsp3) is 0.0435. The monoisotopic (exact) mass is 409 g/mol. The van der Waals surface area contributed by atoms with E-state index in [1.165, 1.54) is 36.4 Å². The van der Waals surface area contributed by atoms with Crippen molar-refractivity contribution < 1.29 is 27.8 Å². The molecule has 0 saturated carbocycles. The van der Waals surface area contributed by atoms with Crippen molar-refractivity contribution in [2.24, 2.45) is 0 Å². The minimum absolute atomic E-state index is 0.0316. The van der Waals surface area contributed by atoms with E-state index in [4.69, 9.17) is 4.74 Å². The molecule has 1 amide bonds. The maximum absolute atomic E-state index is 12.1. The summed E-state index contributed by atoms with van der Waals surface area (Å²) in [7, 11) is 0. The summed E-state index contributed by atoms with van der Waals surface area (Å²) in [6.07, 6.45) is 2.71. The second kappa shape index (κ2) is 9.97. The van der Waals surface area contributed by atoms with Crippen LogP contribution < -0.4 is 14.8 Å². The smallest absolute Gasteiger partial charge is 0.387 e. The molecule has 0 radical (unpaired) electrons. The molecular weight excluding hydrogens is 392 g/mol. The highest BCUT2D eigenvalue weighted by Gasteiger charge is 2.06. The lowest BCUT2D eigenvalue weighted by Crippen LogP contribution is -2.11. The van der Waals surface area contributed by atoms with Crippen LogP contribution in [-0.2, 0) is 4.79 Å². The van der Waals surface area contributed by atoms with Crippen LogP contribution in [-0.4, -0.2) is 18.5 Å². The number of hydrogen-bond acceptors (Lipinski definition) is 4. The van der Waals surface area contributed by atoms with Crippen LogP contribution >= 0.6 is 0 Å². The topological polar surface area (TPSA) is 64.6 Å². The molecule has 3 rings (SSSR count). The average molecular weight is 409 g/mol. The SMILES string of the molecule is O=C(/C=C/c1ccc(OC(F)F)cc1)Oc1ccc(NC(=O)c2ccccc2)cc1. The molecule has 0 heterocycles. The van der Waals surface area contributed by atoms with Gasteiger partial charge in [-0.05, 0) is 60.2 Å². The van der Waals surface area contributed by atoms with Crippen LogP contribution in [0.1, 0.15) is 15.9 Å². The van der Waals surface area contributed by atoms with Gasteiger partial charge in [-0.15, -0.1) is 0 Å². The van der Waals surface area contributed by atoms with Crippen LogP contribution in [0, 0.1) is 0 Å². The first-order chi connectivity index (χ1) is 14.5. The lowest BCUT2D eigenvalue weighted by atomic mass is 10.2. The third-order valence-corrected chi connectivity index (χ3v) is 3.88. The van der Waals surface area contributed by atoms with Crippen LogP contribution in [0.4, 0.5) is 14.5 Å². The van der Waals surface area contributed by atoms with Crippen LogP contribution in [0.15, 0.2) is 84.9 Å². The summed E-state index contributed by atoms with van der Waals surface area (Å²) < 4.78 is 33.7. The van der Waals surface area contributed by atoms with Crippen molar-refractivity contribution in [1.29, 1.82) is 0 Å². The Hall–Kier alpha value is -4.00. The molecular formula is C23H17F2NO4. The number of anilines is 1. The first kappa shape index (κ1) is 20.7. The molecule has 0 aromatic heterocycles. The lowest BCUT2D eigenvalue weighted by Gasteiger charge is -2.06. The zero-order valence-corrected chi connectivity index (χ0v) is 15.6. The van der Waals surface area contributed by atoms with Gasteiger partial charge in [0.1, 0.15) is 11.5 Å². The van der Waals surface area contributed by atoms with E-state index >= 15 is 0 Å². The molecule has 152 valence electrons. The highest BCUT2D eigenvalue weighted by molar-refractivity contribution is 6.04. The highest BCUT2D eigenvalue weighted by Crippen LogP contribution is 2.18. The number of nitrogens with one attached hydrogen (secondary N) is 1. The van der Waals surface area contributed by atoms with E-state index in [0.29, 0.717) is 22.6 Å². The maximum atomic E-state index is 12.1. The van der Waals surface area contributed by atoms with Crippen LogP contribution in [0.2, 0.25) is 0 Å². The summed E-state index contributed by atoms with van der Waals surface area (Å²) in [5.41, 5.74) is 1.71. The number of carbonyl (C=O) groups excluding carboxylic acids is 2. The number of benzene rings is 3. The number of alkyl halides is 2. The molecule has 5 nitrogen and oxygen atoms in total. The number of hydrogen-bond donors (Lipinski definition) is 1. The van der Waals surface area contributed by atoms with E-state index in [2.05, 4.69) is 10.1 Å². The molecule has 1 N–H and O–H groups in total. The van der Waals surface area contributed by atoms with Gasteiger partial charge in [0.05, 0.1) is 0 Å². The van der Waals surface area contributed by atoms with Gasteiger partial charge in [-0.25, -0.2) is 4.79 Å². The van der Waals surface area contributed by atoms with Crippen molar-refractivity contribution in [2.45, 2.75) is 6.61 Å². The van der Waals surface area contributed by atoms with Gasteiger partial charge < -0.3 is 14.8 Å². The predicted molar refractivity (Wildman–Crippen MR) is 109 cm³/mol. The molecule has 0 spiro atoms. The van der Waals surface area contributed by atoms with Crippen LogP contribution in [0.3, 0.4) is 0 Å². The molecule has 0 aliphatic carbocycles. The molecule has 0 bridgehead atoms. The largest absolute Gasteiger partial charge is 0.435 e. The third-order valence-electron chi connectivity index (χ3n) is 3.88. The van der Waals surface area contributed by atoms with Gasteiger partial charge in [0.15, 0.2) is 0 Å². The van der Waals surface area contributed by atoms with E-state index < -0.39 is 12.6 Å². The van der Waals surface area contributed by atoms with E-state index in [-0.39, 0.29) is 11.7 Å². The molecule has 3 aromatic carbocycles. The van der Waals surface area contributed by atoms with Crippen LogP contribution in [0.5, 0.6) is 11.5 Å². The Morgan fingerprint density at radius 2 is 1.47 bits per heavy atom. The quantitative estimate of drug-likeness (QED) is 0.333. The maximum Gasteiger partial charge on any atom is 0.387 e. The number of halogens is 2. The molecule has 0 saturated heterocycles. The Balaban J connectivity index is 1.53. The normalized spacial score (nSPS) is 10.8. The Kier molecular flexibility index (Phi) is 6.89. The Morgan fingerprint density at radius 1 is 0.833 bits per heavy atom. The van der Waals surface area contributed by atoms with E-state index in [1.54, 1.807) is 48.5 Å². The standard InChI is InChI=1S/C23H17F2NO4/c24-23(25)30-20-11-6-16(7-12-20)8-15-21(27)29-19-13-9-18(10-14-19)26-22(28)17-4-2-1-3-5-17/h1-15,23H,(H,26,28)/b15-8+. The van der Waals surface area contributed by atoms with Crippen LogP contribution in [0.25, 0.3) is 6.08 Å². The number of ether oxygens (including phenoxy) is 2. The molecule has 0 aliphatic rings. The van der Waals surface area contributed by atoms with Gasteiger partial charge in [0.2, 0.25) is 0 Å². The first-order valence-electron chi connectivity index (χ1n) is 8.91. The number of carbonyl (C=O) groups is 2. The minimum atomic E-state index is -2.89. The number of amides is 1. The first-order valence-corrected chi connectivity index (χ1v) is 8.91. The van der Waals surface area contributed by atoms with Gasteiger partial charge in [-0.3, -0.25) is 4.79 Å². The van der Waals surface area contributed by atoms with Crippen molar-refractivity contribution in [3.63, 3.8) is 0 Å². The minimum Gasteiger partial charge on any atom is -0.435 e. The summed E-state index contributed by atoms with van der Waals surface area (Å²) in [4.78, 5) is 24.1.